The number of aliphatic carboxylic acids is 1. The van der Waals surface area contributed by atoms with Crippen molar-refractivity contribution in [2.75, 3.05) is 37.7 Å². The zero-order chi connectivity index (χ0) is 29.1. The van der Waals surface area contributed by atoms with Crippen molar-refractivity contribution in [3.05, 3.63) is 65.1 Å². The molecule has 2 aromatic carbocycles. The van der Waals surface area contributed by atoms with Crippen LogP contribution in [-0.4, -0.2) is 77.3 Å². The van der Waals surface area contributed by atoms with Gasteiger partial charge in [0, 0.05) is 47.8 Å². The third-order valence-electron chi connectivity index (χ3n) is 6.92. The van der Waals surface area contributed by atoms with Crippen LogP contribution in [0.25, 0.3) is 10.9 Å². The van der Waals surface area contributed by atoms with E-state index in [1.165, 1.54) is 12.1 Å². The molecule has 0 aliphatic carbocycles. The second-order valence-electron chi connectivity index (χ2n) is 9.42. The largest absolute Gasteiger partial charge is 0.490 e. The molecule has 2 amide bonds. The average molecular weight is 584 g/mol. The van der Waals surface area contributed by atoms with Gasteiger partial charge in [0.2, 0.25) is 5.91 Å². The van der Waals surface area contributed by atoms with Crippen molar-refractivity contribution in [1.82, 2.24) is 20.5 Å². The Kier molecular flexibility index (Phi) is 8.54. The number of H-pyrrole nitrogens is 1. The summed E-state index contributed by atoms with van der Waals surface area (Å²) in [6.07, 6.45) is -3.68. The van der Waals surface area contributed by atoms with Crippen LogP contribution >= 0.6 is 11.6 Å². The van der Waals surface area contributed by atoms with Gasteiger partial charge in [0.05, 0.1) is 6.67 Å². The number of hydrogen-bond acceptors (Lipinski definition) is 5. The number of halogens is 5. The second-order valence-corrected chi connectivity index (χ2v) is 9.85. The molecule has 40 heavy (non-hydrogen) atoms. The monoisotopic (exact) mass is 583 g/mol. The number of benzene rings is 2. The molecule has 4 N–H and O–H groups in total. The van der Waals surface area contributed by atoms with E-state index in [-0.39, 0.29) is 17.6 Å². The van der Waals surface area contributed by atoms with E-state index >= 15 is 0 Å². The Hall–Kier alpha value is -3.84. The smallest absolute Gasteiger partial charge is 0.475 e. The highest BCUT2D eigenvalue weighted by molar-refractivity contribution is 6.30. The number of amides is 2. The van der Waals surface area contributed by atoms with Crippen molar-refractivity contribution in [2.45, 2.75) is 24.6 Å². The van der Waals surface area contributed by atoms with E-state index in [9.17, 15) is 27.2 Å². The Balaban J connectivity index is 0.000000470. The maximum atomic E-state index is 13.4. The maximum Gasteiger partial charge on any atom is 0.490 e. The topological polar surface area (TPSA) is 118 Å². The van der Waals surface area contributed by atoms with E-state index in [4.69, 9.17) is 21.5 Å². The summed E-state index contributed by atoms with van der Waals surface area (Å²) >= 11 is 6.17. The lowest BCUT2D eigenvalue weighted by atomic mass is 9.85. The molecule has 1 aromatic heterocycles. The Morgan fingerprint density at radius 1 is 1.10 bits per heavy atom. The van der Waals surface area contributed by atoms with Gasteiger partial charge in [-0.15, -0.1) is 0 Å². The number of nitrogens with one attached hydrogen (secondary N) is 3. The van der Waals surface area contributed by atoms with Crippen LogP contribution in [0.4, 0.5) is 23.2 Å². The van der Waals surface area contributed by atoms with Crippen molar-refractivity contribution < 1.29 is 37.1 Å². The summed E-state index contributed by atoms with van der Waals surface area (Å²) in [6, 6.07) is 13.6. The van der Waals surface area contributed by atoms with Gasteiger partial charge in [-0.05, 0) is 55.3 Å². The number of nitrogens with zero attached hydrogens (tertiary/aromatic N) is 2. The summed E-state index contributed by atoms with van der Waals surface area (Å²) in [5, 5.41) is 14.4. The fourth-order valence-corrected chi connectivity index (χ4v) is 5.05. The zero-order valence-corrected chi connectivity index (χ0v) is 21.8. The molecule has 3 heterocycles. The summed E-state index contributed by atoms with van der Waals surface area (Å²) in [5.41, 5.74) is 1.51. The molecular formula is C26H26ClF4N5O4. The highest BCUT2D eigenvalue weighted by Crippen LogP contribution is 2.36. The standard InChI is InChI=1S/C24H25ClFN5O2.C2HF3O2/c25-17-2-1-3-19(14-17)31-15-28-23(33)24(31)6-9-30(10-7-24)11-8-27-22(32)21-13-16-12-18(26)4-5-20(16)29-21;3-2(4,5)1(6)7/h1-5,12-14,29H,6-11,15H2,(H,27,32)(H,28,33);(H,6,7). The van der Waals surface area contributed by atoms with E-state index in [1.807, 2.05) is 24.3 Å². The molecule has 5 rings (SSSR count). The number of aromatic amines is 1. The van der Waals surface area contributed by atoms with Crippen LogP contribution in [0, 0.1) is 5.82 Å². The second kappa shape index (κ2) is 11.7. The van der Waals surface area contributed by atoms with Crippen LogP contribution in [0.5, 0.6) is 0 Å². The van der Waals surface area contributed by atoms with E-state index in [0.29, 0.717) is 48.7 Å². The summed E-state index contributed by atoms with van der Waals surface area (Å²) in [5.74, 6) is -3.25. The van der Waals surface area contributed by atoms with Crippen molar-refractivity contribution in [2.24, 2.45) is 0 Å². The van der Waals surface area contributed by atoms with Gasteiger partial charge < -0.3 is 30.5 Å². The van der Waals surface area contributed by atoms with Gasteiger partial charge in [-0.1, -0.05) is 17.7 Å². The Bertz CT molecular complexity index is 1410. The fraction of sp³-hybridized carbons (Fsp3) is 0.346. The molecule has 0 unspecified atom stereocenters. The quantitative estimate of drug-likeness (QED) is 0.340. The normalized spacial score (nSPS) is 16.9. The van der Waals surface area contributed by atoms with Crippen LogP contribution in [0.15, 0.2) is 48.5 Å². The molecule has 0 radical (unpaired) electrons. The third-order valence-corrected chi connectivity index (χ3v) is 7.16. The van der Waals surface area contributed by atoms with E-state index in [1.54, 1.807) is 12.1 Å². The first-order valence-corrected chi connectivity index (χ1v) is 12.7. The van der Waals surface area contributed by atoms with Crippen molar-refractivity contribution in [1.29, 1.82) is 0 Å². The van der Waals surface area contributed by atoms with Gasteiger partial charge in [0.15, 0.2) is 0 Å². The number of alkyl halides is 3. The molecule has 0 atom stereocenters. The molecule has 0 bridgehead atoms. The van der Waals surface area contributed by atoms with E-state index < -0.39 is 17.7 Å². The van der Waals surface area contributed by atoms with E-state index in [0.717, 1.165) is 24.3 Å². The minimum absolute atomic E-state index is 0.0608. The number of carbonyl (C=O) groups excluding carboxylic acids is 2. The minimum Gasteiger partial charge on any atom is -0.475 e. The number of hydrogen-bond donors (Lipinski definition) is 4. The van der Waals surface area contributed by atoms with Crippen molar-refractivity contribution in [3.63, 3.8) is 0 Å². The number of piperidine rings is 1. The molecule has 9 nitrogen and oxygen atoms in total. The van der Waals surface area contributed by atoms with Gasteiger partial charge in [-0.2, -0.15) is 13.2 Å². The Morgan fingerprint density at radius 2 is 1.80 bits per heavy atom. The van der Waals surface area contributed by atoms with Gasteiger partial charge >= 0.3 is 12.1 Å². The Labute approximate surface area is 231 Å². The Morgan fingerprint density at radius 3 is 2.45 bits per heavy atom. The predicted molar refractivity (Wildman–Crippen MR) is 140 cm³/mol. The van der Waals surface area contributed by atoms with Crippen LogP contribution in [-0.2, 0) is 9.59 Å². The van der Waals surface area contributed by atoms with Crippen LogP contribution < -0.4 is 15.5 Å². The van der Waals surface area contributed by atoms with Crippen LogP contribution in [0.3, 0.4) is 0 Å². The van der Waals surface area contributed by atoms with Gasteiger partial charge in [0.1, 0.15) is 17.1 Å². The van der Waals surface area contributed by atoms with Gasteiger partial charge in [-0.25, -0.2) is 9.18 Å². The summed E-state index contributed by atoms with van der Waals surface area (Å²) in [7, 11) is 0. The summed E-state index contributed by atoms with van der Waals surface area (Å²) in [6.45, 7) is 3.16. The average Bonchev–Trinajstić information content (AvgIpc) is 3.46. The van der Waals surface area contributed by atoms with Gasteiger partial charge in [-0.3, -0.25) is 9.59 Å². The molecule has 2 fully saturated rings. The molecule has 1 spiro atoms. The number of carboxylic acid groups (broad SMARTS) is 1. The SMILES string of the molecule is O=C(NCCN1CCC2(CC1)C(=O)NCN2c1cccc(Cl)c1)c1cc2cc(F)ccc2[nH]1.O=C(O)C(F)(F)F. The number of carbonyl (C=O) groups is 3. The lowest BCUT2D eigenvalue weighted by Crippen LogP contribution is -2.57. The first-order chi connectivity index (χ1) is 18.9. The molecule has 0 saturated carbocycles. The van der Waals surface area contributed by atoms with Crippen LogP contribution in [0.2, 0.25) is 5.02 Å². The summed E-state index contributed by atoms with van der Waals surface area (Å²) < 4.78 is 45.1. The maximum absolute atomic E-state index is 13.4. The molecule has 2 aliphatic heterocycles. The van der Waals surface area contributed by atoms with Crippen molar-refractivity contribution >= 4 is 46.0 Å². The fourth-order valence-electron chi connectivity index (χ4n) is 4.86. The third kappa shape index (κ3) is 6.48. The van der Waals surface area contributed by atoms with Crippen LogP contribution in [0.1, 0.15) is 23.3 Å². The number of likely N-dealkylation sites (tertiary alicyclic amines) is 1. The van der Waals surface area contributed by atoms with Gasteiger partial charge in [0.25, 0.3) is 5.91 Å². The molecule has 2 saturated heterocycles. The number of fused-ring (bicyclic) bond motifs is 1. The minimum atomic E-state index is -5.08. The summed E-state index contributed by atoms with van der Waals surface area (Å²) in [4.78, 5) is 41.6. The molecule has 2 aliphatic rings. The first kappa shape index (κ1) is 29.2. The number of rotatable bonds is 5. The number of anilines is 1. The number of aromatic nitrogens is 1. The lowest BCUT2D eigenvalue weighted by molar-refractivity contribution is -0.192. The molecular weight excluding hydrogens is 558 g/mol. The number of carboxylic acids is 1. The predicted octanol–water partition coefficient (Wildman–Crippen LogP) is 3.75. The molecule has 3 aromatic rings. The zero-order valence-electron chi connectivity index (χ0n) is 21.0. The highest BCUT2D eigenvalue weighted by atomic mass is 35.5. The lowest BCUT2D eigenvalue weighted by Gasteiger charge is -2.43. The first-order valence-electron chi connectivity index (χ1n) is 12.3. The highest BCUT2D eigenvalue weighted by Gasteiger charge is 2.50. The molecule has 214 valence electrons. The van der Waals surface area contributed by atoms with E-state index in [2.05, 4.69) is 25.4 Å². The molecule has 14 heteroatoms. The van der Waals surface area contributed by atoms with Crippen molar-refractivity contribution in [3.8, 4) is 0 Å².